The lowest BCUT2D eigenvalue weighted by Gasteiger charge is -2.25. The first-order valence-corrected chi connectivity index (χ1v) is 10.2. The third kappa shape index (κ3) is 5.91. The Hall–Kier alpha value is -2.18. The van der Waals surface area contributed by atoms with Crippen LogP contribution in [0.3, 0.4) is 0 Å². The molecule has 6 nitrogen and oxygen atoms in total. The van der Waals surface area contributed by atoms with Gasteiger partial charge in [-0.2, -0.15) is 4.98 Å². The number of carbonyl (C=O) groups excluding carboxylic acids is 1. The van der Waals surface area contributed by atoms with Crippen LogP contribution in [0.2, 0.25) is 5.02 Å². The average molecular weight is 403 g/mol. The van der Waals surface area contributed by atoms with Crippen molar-refractivity contribution in [3.05, 3.63) is 52.6 Å². The number of benzene rings is 1. The third-order valence-corrected chi connectivity index (χ3v) is 5.21. The largest absolute Gasteiger partial charge is 0.354 e. The fraction of sp³-hybridized carbons (Fsp3) is 0.476. The highest BCUT2D eigenvalue weighted by molar-refractivity contribution is 6.30. The van der Waals surface area contributed by atoms with Crippen molar-refractivity contribution in [2.45, 2.75) is 52.1 Å². The zero-order chi connectivity index (χ0) is 19.9. The zero-order valence-corrected chi connectivity index (χ0v) is 17.2. The molecule has 0 aliphatic carbocycles. The molecule has 0 bridgehead atoms. The molecule has 0 unspecified atom stereocenters. The summed E-state index contributed by atoms with van der Waals surface area (Å²) in [7, 11) is 0. The summed E-state index contributed by atoms with van der Waals surface area (Å²) < 4.78 is 5.33. The van der Waals surface area contributed by atoms with E-state index in [4.69, 9.17) is 16.1 Å². The first-order valence-electron chi connectivity index (χ1n) is 9.81. The molecular weight excluding hydrogens is 376 g/mol. The van der Waals surface area contributed by atoms with E-state index in [0.717, 1.165) is 43.1 Å². The number of nitrogens with one attached hydrogen (secondary N) is 1. The summed E-state index contributed by atoms with van der Waals surface area (Å²) in [6.07, 6.45) is 4.77. The van der Waals surface area contributed by atoms with Crippen LogP contribution in [-0.4, -0.2) is 40.1 Å². The Bertz CT molecular complexity index is 816. The van der Waals surface area contributed by atoms with Crippen molar-refractivity contribution in [2.75, 3.05) is 13.1 Å². The molecule has 1 N–H and O–H groups in total. The molecule has 1 aromatic heterocycles. The van der Waals surface area contributed by atoms with E-state index < -0.39 is 0 Å². The summed E-state index contributed by atoms with van der Waals surface area (Å²) in [6, 6.07) is 8.15. The Morgan fingerprint density at radius 1 is 1.36 bits per heavy atom. The van der Waals surface area contributed by atoms with Gasteiger partial charge in [-0.25, -0.2) is 0 Å². The van der Waals surface area contributed by atoms with Gasteiger partial charge >= 0.3 is 0 Å². The van der Waals surface area contributed by atoms with E-state index in [1.54, 1.807) is 0 Å². The molecule has 3 rings (SSSR count). The summed E-state index contributed by atoms with van der Waals surface area (Å²) in [5.41, 5.74) is 2.35. The van der Waals surface area contributed by atoms with E-state index in [0.29, 0.717) is 24.6 Å². The molecule has 0 saturated carbocycles. The highest BCUT2D eigenvalue weighted by Crippen LogP contribution is 2.21. The number of nitrogens with zero attached hydrogens (tertiary/aromatic N) is 3. The predicted octanol–water partition coefficient (Wildman–Crippen LogP) is 3.86. The molecule has 2 heterocycles. The molecule has 1 aliphatic rings. The van der Waals surface area contributed by atoms with Gasteiger partial charge in [-0.05, 0) is 43.0 Å². The second kappa shape index (κ2) is 9.85. The molecule has 1 aliphatic heterocycles. The maximum absolute atomic E-state index is 11.9. The van der Waals surface area contributed by atoms with Crippen LogP contribution in [0.1, 0.15) is 50.4 Å². The first kappa shape index (κ1) is 20.6. The highest BCUT2D eigenvalue weighted by atomic mass is 35.5. The lowest BCUT2D eigenvalue weighted by Crippen LogP contribution is -2.32. The second-order valence-electron chi connectivity index (χ2n) is 7.23. The van der Waals surface area contributed by atoms with E-state index in [1.165, 1.54) is 5.56 Å². The fourth-order valence-corrected chi connectivity index (χ4v) is 3.19. The van der Waals surface area contributed by atoms with Crippen LogP contribution >= 0.6 is 11.6 Å². The van der Waals surface area contributed by atoms with Crippen LogP contribution in [0.15, 0.2) is 34.9 Å². The Kier molecular flexibility index (Phi) is 7.23. The molecule has 1 amide bonds. The molecule has 1 aromatic carbocycles. The van der Waals surface area contributed by atoms with Crippen LogP contribution < -0.4 is 5.32 Å². The quantitative estimate of drug-likeness (QED) is 0.725. The van der Waals surface area contributed by atoms with Gasteiger partial charge in [0.2, 0.25) is 11.8 Å². The Morgan fingerprint density at radius 2 is 2.14 bits per heavy atom. The van der Waals surface area contributed by atoms with Crippen LogP contribution in [0.4, 0.5) is 0 Å². The Morgan fingerprint density at radius 3 is 2.82 bits per heavy atom. The van der Waals surface area contributed by atoms with Crippen molar-refractivity contribution in [1.29, 1.82) is 0 Å². The summed E-state index contributed by atoms with van der Waals surface area (Å²) in [5.74, 6) is 1.17. The average Bonchev–Trinajstić information content (AvgIpc) is 3.18. The SMILES string of the molecule is CC[C@H](C)NC(=O)CCc1nc(C2=CCN(Cc3ccc(Cl)cc3)CC2)no1. The van der Waals surface area contributed by atoms with Gasteiger partial charge in [0, 0.05) is 43.5 Å². The topological polar surface area (TPSA) is 71.3 Å². The number of rotatable bonds is 8. The monoisotopic (exact) mass is 402 g/mol. The molecule has 0 radical (unpaired) electrons. The van der Waals surface area contributed by atoms with Crippen LogP contribution in [0, 0.1) is 0 Å². The smallest absolute Gasteiger partial charge is 0.227 e. The summed E-state index contributed by atoms with van der Waals surface area (Å²) in [6.45, 7) is 6.72. The summed E-state index contributed by atoms with van der Waals surface area (Å²) in [5, 5.41) is 7.80. The first-order chi connectivity index (χ1) is 13.5. The highest BCUT2D eigenvalue weighted by Gasteiger charge is 2.18. The van der Waals surface area contributed by atoms with E-state index >= 15 is 0 Å². The number of aromatic nitrogens is 2. The number of hydrogen-bond donors (Lipinski definition) is 1. The van der Waals surface area contributed by atoms with Gasteiger partial charge in [0.05, 0.1) is 0 Å². The minimum absolute atomic E-state index is 0.0174. The summed E-state index contributed by atoms with van der Waals surface area (Å²) >= 11 is 5.94. The Balaban J connectivity index is 1.49. The van der Waals surface area contributed by atoms with Gasteiger partial charge in [0.15, 0.2) is 5.82 Å². The minimum Gasteiger partial charge on any atom is -0.354 e. The number of hydrogen-bond acceptors (Lipinski definition) is 5. The predicted molar refractivity (Wildman–Crippen MR) is 110 cm³/mol. The van der Waals surface area contributed by atoms with Crippen molar-refractivity contribution in [3.8, 4) is 0 Å². The lowest BCUT2D eigenvalue weighted by molar-refractivity contribution is -0.121. The molecule has 2 aromatic rings. The molecule has 1 atom stereocenters. The number of amides is 1. The molecule has 0 saturated heterocycles. The number of carbonyl (C=O) groups is 1. The molecule has 28 heavy (non-hydrogen) atoms. The summed E-state index contributed by atoms with van der Waals surface area (Å²) in [4.78, 5) is 18.7. The maximum atomic E-state index is 11.9. The van der Waals surface area contributed by atoms with Crippen LogP contribution in [0.25, 0.3) is 5.57 Å². The van der Waals surface area contributed by atoms with Crippen molar-refractivity contribution < 1.29 is 9.32 Å². The lowest BCUT2D eigenvalue weighted by atomic mass is 10.1. The molecule has 150 valence electrons. The van der Waals surface area contributed by atoms with Crippen molar-refractivity contribution >= 4 is 23.1 Å². The Labute approximate surface area is 170 Å². The zero-order valence-electron chi connectivity index (χ0n) is 16.4. The van der Waals surface area contributed by atoms with E-state index in [1.807, 2.05) is 26.0 Å². The van der Waals surface area contributed by atoms with Gasteiger partial charge in [-0.1, -0.05) is 41.9 Å². The van der Waals surface area contributed by atoms with Crippen LogP contribution in [0.5, 0.6) is 0 Å². The molecule has 0 spiro atoms. The van der Waals surface area contributed by atoms with Gasteiger partial charge in [-0.3, -0.25) is 9.69 Å². The number of aryl methyl sites for hydroxylation is 1. The van der Waals surface area contributed by atoms with E-state index in [2.05, 4.69) is 38.6 Å². The van der Waals surface area contributed by atoms with Gasteiger partial charge in [0.25, 0.3) is 0 Å². The van der Waals surface area contributed by atoms with Gasteiger partial charge < -0.3 is 9.84 Å². The standard InChI is InChI=1S/C21H27ClN4O2/c1-3-15(2)23-19(27)8-9-20-24-21(25-28-20)17-10-12-26(13-11-17)14-16-4-6-18(22)7-5-16/h4-7,10,15H,3,8-9,11-14H2,1-2H3,(H,23,27)/t15-/m0/s1. The van der Waals surface area contributed by atoms with Gasteiger partial charge in [0.1, 0.15) is 0 Å². The van der Waals surface area contributed by atoms with Crippen LogP contribution in [-0.2, 0) is 17.8 Å². The van der Waals surface area contributed by atoms with Crippen molar-refractivity contribution in [2.24, 2.45) is 0 Å². The maximum Gasteiger partial charge on any atom is 0.227 e. The minimum atomic E-state index is 0.0174. The normalized spacial score (nSPS) is 15.9. The molecule has 0 fully saturated rings. The second-order valence-corrected chi connectivity index (χ2v) is 7.67. The van der Waals surface area contributed by atoms with Crippen molar-refractivity contribution in [1.82, 2.24) is 20.4 Å². The fourth-order valence-electron chi connectivity index (χ4n) is 3.06. The van der Waals surface area contributed by atoms with E-state index in [9.17, 15) is 4.79 Å². The third-order valence-electron chi connectivity index (χ3n) is 4.95. The molecule has 7 heteroatoms. The van der Waals surface area contributed by atoms with Crippen molar-refractivity contribution in [3.63, 3.8) is 0 Å². The van der Waals surface area contributed by atoms with E-state index in [-0.39, 0.29) is 11.9 Å². The van der Waals surface area contributed by atoms with Gasteiger partial charge in [-0.15, -0.1) is 0 Å². The number of halogens is 1. The molecular formula is C21H27ClN4O2.